The van der Waals surface area contributed by atoms with Gasteiger partial charge in [0.1, 0.15) is 0 Å². The third-order valence-corrected chi connectivity index (χ3v) is 2.15. The van der Waals surface area contributed by atoms with E-state index >= 15 is 0 Å². The number of nitrogens with two attached hydrogens (primary N) is 1. The Balaban J connectivity index is 2.34. The third-order valence-electron chi connectivity index (χ3n) is 2.15. The lowest BCUT2D eigenvalue weighted by Crippen LogP contribution is -2.03. The van der Waals surface area contributed by atoms with Crippen molar-refractivity contribution in [2.24, 2.45) is 5.73 Å². The predicted octanol–water partition coefficient (Wildman–Crippen LogP) is 1.89. The first-order chi connectivity index (χ1) is 6.77. The van der Waals surface area contributed by atoms with E-state index < -0.39 is 0 Å². The Morgan fingerprint density at radius 1 is 1.29 bits per heavy atom. The molecule has 0 saturated carbocycles. The molecule has 0 fully saturated rings. The standard InChI is InChI=1S/C11H13N3/c1-9(12)10-7-13-14(8-10)11-5-3-2-4-6-11/h2-9H,12H2,1H3/t9-/m0/s1. The first-order valence-electron chi connectivity index (χ1n) is 4.63. The van der Waals surface area contributed by atoms with Crippen LogP contribution in [0, 0.1) is 0 Å². The number of para-hydroxylation sites is 1. The second kappa shape index (κ2) is 3.64. The van der Waals surface area contributed by atoms with Crippen LogP contribution in [0.25, 0.3) is 5.69 Å². The smallest absolute Gasteiger partial charge is 0.0645 e. The van der Waals surface area contributed by atoms with Gasteiger partial charge in [-0.15, -0.1) is 0 Å². The summed E-state index contributed by atoms with van der Waals surface area (Å²) in [6, 6.07) is 10.0. The van der Waals surface area contributed by atoms with Crippen molar-refractivity contribution in [2.45, 2.75) is 13.0 Å². The van der Waals surface area contributed by atoms with E-state index in [0.29, 0.717) is 0 Å². The average molecular weight is 187 g/mol. The maximum atomic E-state index is 5.75. The van der Waals surface area contributed by atoms with Crippen LogP contribution in [-0.4, -0.2) is 9.78 Å². The lowest BCUT2D eigenvalue weighted by Gasteiger charge is -2.00. The Hall–Kier alpha value is -1.61. The Bertz CT molecular complexity index is 403. The van der Waals surface area contributed by atoms with Gasteiger partial charge in [-0.3, -0.25) is 0 Å². The summed E-state index contributed by atoms with van der Waals surface area (Å²) in [5.74, 6) is 0. The van der Waals surface area contributed by atoms with Crippen LogP contribution in [0.5, 0.6) is 0 Å². The highest BCUT2D eigenvalue weighted by atomic mass is 15.3. The summed E-state index contributed by atoms with van der Waals surface area (Å²) in [7, 11) is 0. The zero-order valence-electron chi connectivity index (χ0n) is 8.09. The highest BCUT2D eigenvalue weighted by molar-refractivity contribution is 5.31. The molecule has 3 nitrogen and oxygen atoms in total. The molecular weight excluding hydrogens is 174 g/mol. The summed E-state index contributed by atoms with van der Waals surface area (Å²) in [6.45, 7) is 1.95. The molecule has 1 aromatic carbocycles. The van der Waals surface area contributed by atoms with Gasteiger partial charge in [0.25, 0.3) is 0 Å². The average Bonchev–Trinajstić information content (AvgIpc) is 2.68. The Kier molecular flexibility index (Phi) is 2.33. The minimum absolute atomic E-state index is 0.0347. The number of nitrogens with zero attached hydrogens (tertiary/aromatic N) is 2. The van der Waals surface area contributed by atoms with Gasteiger partial charge >= 0.3 is 0 Å². The van der Waals surface area contributed by atoms with Gasteiger partial charge < -0.3 is 5.73 Å². The van der Waals surface area contributed by atoms with Crippen LogP contribution >= 0.6 is 0 Å². The molecule has 2 aromatic rings. The molecule has 0 radical (unpaired) electrons. The molecule has 2 rings (SSSR count). The van der Waals surface area contributed by atoms with E-state index in [1.54, 1.807) is 6.20 Å². The van der Waals surface area contributed by atoms with Crippen molar-refractivity contribution in [3.05, 3.63) is 48.3 Å². The second-order valence-electron chi connectivity index (χ2n) is 3.34. The normalized spacial score (nSPS) is 12.7. The molecule has 14 heavy (non-hydrogen) atoms. The first-order valence-corrected chi connectivity index (χ1v) is 4.63. The zero-order valence-corrected chi connectivity index (χ0v) is 8.09. The van der Waals surface area contributed by atoms with Gasteiger partial charge in [0.15, 0.2) is 0 Å². The summed E-state index contributed by atoms with van der Waals surface area (Å²) in [5, 5.41) is 4.24. The van der Waals surface area contributed by atoms with Gasteiger partial charge in [-0.25, -0.2) is 4.68 Å². The summed E-state index contributed by atoms with van der Waals surface area (Å²) in [5.41, 5.74) is 7.86. The molecule has 1 heterocycles. The van der Waals surface area contributed by atoms with Gasteiger partial charge in [0.2, 0.25) is 0 Å². The van der Waals surface area contributed by atoms with E-state index in [0.717, 1.165) is 11.3 Å². The minimum Gasteiger partial charge on any atom is -0.324 e. The minimum atomic E-state index is 0.0347. The molecule has 0 amide bonds. The summed E-state index contributed by atoms with van der Waals surface area (Å²) >= 11 is 0. The third kappa shape index (κ3) is 1.67. The number of hydrogen-bond donors (Lipinski definition) is 1. The lowest BCUT2D eigenvalue weighted by molar-refractivity contribution is 0.816. The summed E-state index contributed by atoms with van der Waals surface area (Å²) in [4.78, 5) is 0. The van der Waals surface area contributed by atoms with Gasteiger partial charge in [-0.2, -0.15) is 5.10 Å². The molecule has 1 aromatic heterocycles. The first kappa shape index (κ1) is 8.97. The van der Waals surface area contributed by atoms with E-state index in [9.17, 15) is 0 Å². The van der Waals surface area contributed by atoms with Crippen LogP contribution in [0.15, 0.2) is 42.7 Å². The molecule has 0 aliphatic heterocycles. The fourth-order valence-electron chi connectivity index (χ4n) is 1.29. The fourth-order valence-corrected chi connectivity index (χ4v) is 1.29. The Morgan fingerprint density at radius 3 is 2.57 bits per heavy atom. The van der Waals surface area contributed by atoms with Crippen LogP contribution in [0.3, 0.4) is 0 Å². The highest BCUT2D eigenvalue weighted by Crippen LogP contribution is 2.11. The van der Waals surface area contributed by atoms with Crippen molar-refractivity contribution in [3.8, 4) is 5.69 Å². The monoisotopic (exact) mass is 187 g/mol. The molecule has 2 N–H and O–H groups in total. The fraction of sp³-hybridized carbons (Fsp3) is 0.182. The van der Waals surface area contributed by atoms with Crippen LogP contribution in [0.4, 0.5) is 0 Å². The van der Waals surface area contributed by atoms with Crippen molar-refractivity contribution in [1.82, 2.24) is 9.78 Å². The van der Waals surface area contributed by atoms with Crippen molar-refractivity contribution < 1.29 is 0 Å². The maximum Gasteiger partial charge on any atom is 0.0645 e. The van der Waals surface area contributed by atoms with E-state index in [1.165, 1.54) is 0 Å². The number of benzene rings is 1. The van der Waals surface area contributed by atoms with Crippen LogP contribution < -0.4 is 5.73 Å². The van der Waals surface area contributed by atoms with Crippen molar-refractivity contribution in [3.63, 3.8) is 0 Å². The molecule has 1 atom stereocenters. The number of hydrogen-bond acceptors (Lipinski definition) is 2. The second-order valence-corrected chi connectivity index (χ2v) is 3.34. The van der Waals surface area contributed by atoms with Crippen molar-refractivity contribution >= 4 is 0 Å². The van der Waals surface area contributed by atoms with E-state index in [2.05, 4.69) is 5.10 Å². The molecule has 0 spiro atoms. The number of rotatable bonds is 2. The number of aromatic nitrogens is 2. The van der Waals surface area contributed by atoms with Crippen molar-refractivity contribution in [1.29, 1.82) is 0 Å². The maximum absolute atomic E-state index is 5.75. The van der Waals surface area contributed by atoms with Crippen LogP contribution in [0.1, 0.15) is 18.5 Å². The van der Waals surface area contributed by atoms with Gasteiger partial charge in [-0.1, -0.05) is 18.2 Å². The molecule has 0 aliphatic carbocycles. The van der Waals surface area contributed by atoms with E-state index in [-0.39, 0.29) is 6.04 Å². The SMILES string of the molecule is C[C@H](N)c1cnn(-c2ccccc2)c1. The lowest BCUT2D eigenvalue weighted by atomic mass is 10.2. The van der Waals surface area contributed by atoms with Gasteiger partial charge in [0.05, 0.1) is 11.9 Å². The predicted molar refractivity (Wildman–Crippen MR) is 56.2 cm³/mol. The largest absolute Gasteiger partial charge is 0.324 e. The van der Waals surface area contributed by atoms with Crippen LogP contribution in [0.2, 0.25) is 0 Å². The Labute approximate surface area is 83.2 Å². The molecule has 0 unspecified atom stereocenters. The Morgan fingerprint density at radius 2 is 2.00 bits per heavy atom. The summed E-state index contributed by atoms with van der Waals surface area (Å²) in [6.07, 6.45) is 3.76. The van der Waals surface area contributed by atoms with Crippen molar-refractivity contribution in [2.75, 3.05) is 0 Å². The zero-order chi connectivity index (χ0) is 9.97. The van der Waals surface area contributed by atoms with Gasteiger partial charge in [0, 0.05) is 17.8 Å². The molecule has 0 aliphatic rings. The molecular formula is C11H13N3. The summed E-state index contributed by atoms with van der Waals surface area (Å²) < 4.78 is 1.83. The highest BCUT2D eigenvalue weighted by Gasteiger charge is 2.03. The molecule has 0 bridgehead atoms. The quantitative estimate of drug-likeness (QED) is 0.780. The van der Waals surface area contributed by atoms with Crippen LogP contribution in [-0.2, 0) is 0 Å². The molecule has 0 saturated heterocycles. The van der Waals surface area contributed by atoms with Gasteiger partial charge in [-0.05, 0) is 19.1 Å². The molecule has 3 heteroatoms. The molecule has 72 valence electrons. The topological polar surface area (TPSA) is 43.8 Å². The van der Waals surface area contributed by atoms with E-state index in [1.807, 2.05) is 48.1 Å². The van der Waals surface area contributed by atoms with E-state index in [4.69, 9.17) is 5.73 Å².